The number of carbonyl (C=O) groups is 3. The number of hydrazine groups is 1. The van der Waals surface area contributed by atoms with E-state index < -0.39 is 41.1 Å². The minimum Gasteiger partial charge on any atom is -0.480 e. The smallest absolute Gasteiger partial charge is 0.408 e. The lowest BCUT2D eigenvalue weighted by Gasteiger charge is -2.36. The normalized spacial score (nSPS) is 18.8. The first-order valence-electron chi connectivity index (χ1n) is 19.3. The summed E-state index contributed by atoms with van der Waals surface area (Å²) in [5, 5.41) is 25.2. The van der Waals surface area contributed by atoms with E-state index >= 15 is 0 Å². The van der Waals surface area contributed by atoms with Crippen LogP contribution in [-0.2, 0) is 32.0 Å². The number of nitrogens with one attached hydrogen (secondary N) is 2. The van der Waals surface area contributed by atoms with Crippen molar-refractivity contribution in [2.75, 3.05) is 39.9 Å². The van der Waals surface area contributed by atoms with Crippen LogP contribution in [0.15, 0.2) is 47.6 Å². The van der Waals surface area contributed by atoms with E-state index in [1.807, 2.05) is 19.9 Å². The molecule has 13 nitrogen and oxygen atoms in total. The van der Waals surface area contributed by atoms with Crippen LogP contribution in [0.5, 0.6) is 0 Å². The van der Waals surface area contributed by atoms with Crippen LogP contribution in [-0.4, -0.2) is 113 Å². The quantitative estimate of drug-likeness (QED) is 0.130. The monoisotopic (exact) mass is 762 g/mol. The van der Waals surface area contributed by atoms with Crippen molar-refractivity contribution in [1.82, 2.24) is 25.2 Å². The van der Waals surface area contributed by atoms with Crippen molar-refractivity contribution in [3.8, 4) is 0 Å². The number of amides is 2. The number of aliphatic hydroxyl groups excluding tert-OH is 1. The first-order chi connectivity index (χ1) is 26.0. The zero-order valence-corrected chi connectivity index (χ0v) is 34.2. The number of hydrogen-bond acceptors (Lipinski definition) is 9. The fourth-order valence-electron chi connectivity index (χ4n) is 7.32. The minimum absolute atomic E-state index is 0.00769. The fourth-order valence-corrected chi connectivity index (χ4v) is 7.32. The molecule has 55 heavy (non-hydrogen) atoms. The number of aryl methyl sites for hydroxylation is 1. The van der Waals surface area contributed by atoms with Crippen LogP contribution in [0.25, 0.3) is 22.0 Å². The Labute approximate surface area is 326 Å². The molecule has 4 N–H and O–H groups in total. The Morgan fingerprint density at radius 3 is 2.51 bits per heavy atom. The molecule has 1 unspecified atom stereocenters. The van der Waals surface area contributed by atoms with E-state index in [9.17, 15) is 24.6 Å². The Hall–Kier alpha value is -4.30. The van der Waals surface area contributed by atoms with Crippen LogP contribution >= 0.6 is 0 Å². The van der Waals surface area contributed by atoms with Gasteiger partial charge in [-0.05, 0) is 101 Å². The molecule has 4 rings (SSSR count). The number of aromatic nitrogens is 1. The van der Waals surface area contributed by atoms with Gasteiger partial charge in [-0.1, -0.05) is 38.6 Å². The van der Waals surface area contributed by atoms with Gasteiger partial charge >= 0.3 is 12.1 Å². The number of carbonyl (C=O) groups excluding carboxylic acids is 2. The molecule has 3 atom stereocenters. The van der Waals surface area contributed by atoms with Gasteiger partial charge in [-0.3, -0.25) is 24.5 Å². The third-order valence-electron chi connectivity index (χ3n) is 10.1. The largest absolute Gasteiger partial charge is 0.480 e. The van der Waals surface area contributed by atoms with Gasteiger partial charge in [0.15, 0.2) is 0 Å². The molecule has 0 bridgehead atoms. The van der Waals surface area contributed by atoms with Gasteiger partial charge in [0.1, 0.15) is 17.7 Å². The number of carboxylic acids is 1. The number of aliphatic imine (C=N–C) groups is 1. The summed E-state index contributed by atoms with van der Waals surface area (Å²) in [7, 11) is 1.67. The first-order valence-corrected chi connectivity index (χ1v) is 19.3. The lowest BCUT2D eigenvalue weighted by atomic mass is 9.84. The van der Waals surface area contributed by atoms with Gasteiger partial charge in [0.2, 0.25) is 0 Å². The number of benzene rings is 1. The number of nitrogens with zero attached hydrogens (tertiary/aromatic N) is 4. The Morgan fingerprint density at radius 2 is 1.91 bits per heavy atom. The van der Waals surface area contributed by atoms with E-state index in [-0.39, 0.29) is 19.3 Å². The molecule has 2 aliphatic heterocycles. The van der Waals surface area contributed by atoms with Gasteiger partial charge in [0, 0.05) is 69.1 Å². The standard InChI is InChI=1S/C42H62N6O7/c1-11-30(36(43-12-2)27(4)54-10)37-32(23-42(8,9)26-49)31-22-28(18-19-35(31)47(37)13-3)29-16-14-20-46(24-29)25-34(44-40(53)55-41(5,6)7)38(50)48-21-15-17-33(45-48)39(51)52/h11-12,16,18-19,22,27,33-34,45,49H,1,13-15,17,20-21,23-26H2,2-10H3,(H,44,53)(H,51,52)/b36-30+,43-12?/t27-,33-,34?/m0/s1. The molecular weight excluding hydrogens is 700 g/mol. The van der Waals surface area contributed by atoms with Gasteiger partial charge < -0.3 is 29.6 Å². The molecule has 2 amide bonds. The minimum atomic E-state index is -1.03. The molecule has 0 aliphatic carbocycles. The topological polar surface area (TPSA) is 158 Å². The van der Waals surface area contributed by atoms with Crippen molar-refractivity contribution in [3.63, 3.8) is 0 Å². The van der Waals surface area contributed by atoms with Crippen LogP contribution in [0.3, 0.4) is 0 Å². The summed E-state index contributed by atoms with van der Waals surface area (Å²) in [5.74, 6) is -1.45. The Morgan fingerprint density at radius 1 is 1.18 bits per heavy atom. The number of allylic oxidation sites excluding steroid dienone is 2. The van der Waals surface area contributed by atoms with Crippen LogP contribution in [0.4, 0.5) is 4.79 Å². The van der Waals surface area contributed by atoms with Crippen LogP contribution in [0, 0.1) is 5.41 Å². The number of hydrogen-bond donors (Lipinski definition) is 4. The molecule has 1 fully saturated rings. The van der Waals surface area contributed by atoms with Crippen molar-refractivity contribution >= 4 is 46.2 Å². The van der Waals surface area contributed by atoms with E-state index in [1.165, 1.54) is 5.01 Å². The maximum atomic E-state index is 13.9. The average Bonchev–Trinajstić information content (AvgIpc) is 3.44. The summed E-state index contributed by atoms with van der Waals surface area (Å²) >= 11 is 0. The number of alkyl carbamates (subject to hydrolysis) is 1. The number of aliphatic hydroxyl groups is 1. The lowest BCUT2D eigenvalue weighted by molar-refractivity contribution is -0.148. The number of carboxylic acid groups (broad SMARTS) is 1. The summed E-state index contributed by atoms with van der Waals surface area (Å²) in [5.41, 5.74) is 8.57. The van der Waals surface area contributed by atoms with Gasteiger partial charge in [0.25, 0.3) is 5.91 Å². The van der Waals surface area contributed by atoms with Gasteiger partial charge in [-0.2, -0.15) is 0 Å². The molecule has 302 valence electrons. The zero-order chi connectivity index (χ0) is 40.7. The zero-order valence-electron chi connectivity index (χ0n) is 34.2. The molecule has 0 saturated carbocycles. The van der Waals surface area contributed by atoms with Crippen molar-refractivity contribution in [3.05, 3.63) is 59.4 Å². The van der Waals surface area contributed by atoms with Gasteiger partial charge in [-0.25, -0.2) is 10.2 Å². The summed E-state index contributed by atoms with van der Waals surface area (Å²) in [6.07, 6.45) is 7.09. The summed E-state index contributed by atoms with van der Waals surface area (Å²) in [6, 6.07) is 4.62. The van der Waals surface area contributed by atoms with Gasteiger partial charge in [0.05, 0.1) is 17.5 Å². The molecule has 3 heterocycles. The second kappa shape index (κ2) is 18.6. The average molecular weight is 763 g/mol. The SMILES string of the molecule is C=C/C(=C(\N=CC)[C@H](C)OC)c1c(CC(C)(C)CO)c2cc(C3=CCCN(CC(NC(=O)OC(C)(C)C)C(=O)N4CCC[C@@H](C(=O)O)N4)C3)ccc2n1CC. The maximum Gasteiger partial charge on any atom is 0.408 e. The van der Waals surface area contributed by atoms with Crippen LogP contribution in [0.2, 0.25) is 0 Å². The number of ether oxygens (including phenoxy) is 2. The third kappa shape index (κ3) is 10.7. The molecule has 13 heteroatoms. The van der Waals surface area contributed by atoms with E-state index in [0.29, 0.717) is 45.4 Å². The van der Waals surface area contributed by atoms with Crippen LogP contribution in [0.1, 0.15) is 91.5 Å². The molecule has 1 aromatic heterocycles. The van der Waals surface area contributed by atoms with Gasteiger partial charge in [-0.15, -0.1) is 0 Å². The molecule has 0 radical (unpaired) electrons. The van der Waals surface area contributed by atoms with Crippen molar-refractivity contribution < 1.29 is 34.1 Å². The highest BCUT2D eigenvalue weighted by atomic mass is 16.6. The first kappa shape index (κ1) is 43.4. The number of aliphatic carboxylic acids is 1. The molecule has 1 aromatic carbocycles. The summed E-state index contributed by atoms with van der Waals surface area (Å²) in [6.45, 7) is 22.0. The van der Waals surface area contributed by atoms with Crippen LogP contribution < -0.4 is 10.7 Å². The summed E-state index contributed by atoms with van der Waals surface area (Å²) < 4.78 is 13.6. The molecule has 2 aromatic rings. The van der Waals surface area contributed by atoms with E-state index in [4.69, 9.17) is 14.5 Å². The maximum absolute atomic E-state index is 13.9. The lowest BCUT2D eigenvalue weighted by Crippen LogP contribution is -2.62. The van der Waals surface area contributed by atoms with E-state index in [2.05, 4.69) is 71.8 Å². The summed E-state index contributed by atoms with van der Waals surface area (Å²) in [4.78, 5) is 45.6. The van der Waals surface area contributed by atoms with Crippen molar-refractivity contribution in [1.29, 1.82) is 0 Å². The molecule has 1 saturated heterocycles. The second-order valence-electron chi connectivity index (χ2n) is 16.2. The fraction of sp³-hybridized carbons (Fsp3) is 0.571. The Bertz CT molecular complexity index is 1820. The Kier molecular flexibility index (Phi) is 14.7. The van der Waals surface area contributed by atoms with Crippen molar-refractivity contribution in [2.45, 2.75) is 111 Å². The number of rotatable bonds is 15. The van der Waals surface area contributed by atoms with Crippen molar-refractivity contribution in [2.24, 2.45) is 10.4 Å². The van der Waals surface area contributed by atoms with E-state index in [1.54, 1.807) is 34.1 Å². The molecule has 2 aliphatic rings. The highest BCUT2D eigenvalue weighted by molar-refractivity contribution is 5.95. The number of fused-ring (bicyclic) bond motifs is 1. The van der Waals surface area contributed by atoms with E-state index in [0.717, 1.165) is 51.0 Å². The third-order valence-corrected chi connectivity index (χ3v) is 10.1. The second-order valence-corrected chi connectivity index (χ2v) is 16.2. The highest BCUT2D eigenvalue weighted by Gasteiger charge is 2.35. The number of methoxy groups -OCH3 is 1. The Balaban J connectivity index is 1.75. The highest BCUT2D eigenvalue weighted by Crippen LogP contribution is 2.39. The molecular formula is C42H62N6O7. The predicted molar refractivity (Wildman–Crippen MR) is 218 cm³/mol. The molecule has 0 spiro atoms. The predicted octanol–water partition coefficient (Wildman–Crippen LogP) is 5.81.